The molecule has 0 N–H and O–H groups in total. The molecule has 31 heavy (non-hydrogen) atoms. The minimum absolute atomic E-state index is 0.0918. The lowest BCUT2D eigenvalue weighted by molar-refractivity contribution is 0.0573. The van der Waals surface area contributed by atoms with Gasteiger partial charge in [-0.2, -0.15) is 0 Å². The molecule has 1 heterocycles. The molecule has 1 saturated heterocycles. The molecule has 1 aliphatic carbocycles. The SMILES string of the molecule is CCN(c1ccccc1)S(=O)(=O)c1cccc(C(=O)N2CCN(C3CCCC3)CC2)c1. The zero-order chi connectivity index (χ0) is 21.8. The van der Waals surface area contributed by atoms with Crippen molar-refractivity contribution in [1.29, 1.82) is 0 Å². The minimum Gasteiger partial charge on any atom is -0.336 e. The second-order valence-corrected chi connectivity index (χ2v) is 10.2. The Morgan fingerprint density at radius 1 is 0.968 bits per heavy atom. The van der Waals surface area contributed by atoms with Crippen molar-refractivity contribution in [3.63, 3.8) is 0 Å². The van der Waals surface area contributed by atoms with Crippen LogP contribution in [-0.4, -0.2) is 62.9 Å². The summed E-state index contributed by atoms with van der Waals surface area (Å²) in [6.07, 6.45) is 5.15. The zero-order valence-electron chi connectivity index (χ0n) is 18.1. The number of nitrogens with zero attached hydrogens (tertiary/aromatic N) is 3. The van der Waals surface area contributed by atoms with Crippen molar-refractivity contribution < 1.29 is 13.2 Å². The third kappa shape index (κ3) is 4.62. The van der Waals surface area contributed by atoms with Gasteiger partial charge in [0.25, 0.3) is 15.9 Å². The molecule has 0 bridgehead atoms. The molecule has 1 amide bonds. The van der Waals surface area contributed by atoms with Crippen molar-refractivity contribution in [3.05, 3.63) is 60.2 Å². The maximum absolute atomic E-state index is 13.3. The van der Waals surface area contributed by atoms with Gasteiger partial charge in [-0.3, -0.25) is 14.0 Å². The van der Waals surface area contributed by atoms with Crippen LogP contribution >= 0.6 is 0 Å². The molecule has 2 aromatic carbocycles. The number of hydrogen-bond acceptors (Lipinski definition) is 4. The summed E-state index contributed by atoms with van der Waals surface area (Å²) in [5, 5.41) is 0. The smallest absolute Gasteiger partial charge is 0.264 e. The van der Waals surface area contributed by atoms with Crippen LogP contribution in [0.15, 0.2) is 59.5 Å². The van der Waals surface area contributed by atoms with Crippen LogP contribution in [-0.2, 0) is 10.0 Å². The van der Waals surface area contributed by atoms with Crippen LogP contribution in [0.3, 0.4) is 0 Å². The summed E-state index contributed by atoms with van der Waals surface area (Å²) in [6.45, 7) is 5.30. The van der Waals surface area contributed by atoms with Gasteiger partial charge in [-0.05, 0) is 50.1 Å². The summed E-state index contributed by atoms with van der Waals surface area (Å²) in [5.41, 5.74) is 1.05. The van der Waals surface area contributed by atoms with Gasteiger partial charge in [0.2, 0.25) is 0 Å². The predicted molar refractivity (Wildman–Crippen MR) is 123 cm³/mol. The van der Waals surface area contributed by atoms with Crippen LogP contribution in [0.25, 0.3) is 0 Å². The number of benzene rings is 2. The normalized spacial score (nSPS) is 18.3. The van der Waals surface area contributed by atoms with Gasteiger partial charge in [0.15, 0.2) is 0 Å². The maximum Gasteiger partial charge on any atom is 0.264 e. The summed E-state index contributed by atoms with van der Waals surface area (Å²) < 4.78 is 28.0. The second kappa shape index (κ2) is 9.40. The van der Waals surface area contributed by atoms with Crippen molar-refractivity contribution in [3.8, 4) is 0 Å². The molecule has 166 valence electrons. The number of para-hydroxylation sites is 1. The third-order valence-electron chi connectivity index (χ3n) is 6.44. The number of sulfonamides is 1. The maximum atomic E-state index is 13.3. The first kappa shape index (κ1) is 21.8. The lowest BCUT2D eigenvalue weighted by Gasteiger charge is -2.38. The van der Waals surface area contributed by atoms with Gasteiger partial charge in [0.05, 0.1) is 10.6 Å². The standard InChI is InChI=1S/C24H31N3O3S/c1-2-27(22-12-4-3-5-13-22)31(29,30)23-14-8-9-20(19-23)24(28)26-17-15-25(16-18-26)21-10-6-7-11-21/h3-5,8-9,12-14,19,21H,2,6-7,10-11,15-18H2,1H3. The van der Waals surface area contributed by atoms with E-state index in [0.717, 1.165) is 13.1 Å². The molecule has 6 nitrogen and oxygen atoms in total. The van der Waals surface area contributed by atoms with E-state index in [1.807, 2.05) is 30.0 Å². The van der Waals surface area contributed by atoms with Gasteiger partial charge in [0, 0.05) is 44.3 Å². The third-order valence-corrected chi connectivity index (χ3v) is 8.34. The van der Waals surface area contributed by atoms with Crippen LogP contribution < -0.4 is 4.31 Å². The summed E-state index contributed by atoms with van der Waals surface area (Å²) in [4.78, 5) is 17.6. The van der Waals surface area contributed by atoms with E-state index in [-0.39, 0.29) is 10.8 Å². The molecular weight excluding hydrogens is 410 g/mol. The van der Waals surface area contributed by atoms with Crippen molar-refractivity contribution in [1.82, 2.24) is 9.80 Å². The fraction of sp³-hybridized carbons (Fsp3) is 0.458. The molecule has 4 rings (SSSR count). The van der Waals surface area contributed by atoms with Crippen LogP contribution in [0.2, 0.25) is 0 Å². The van der Waals surface area contributed by atoms with Crippen molar-refractivity contribution >= 4 is 21.6 Å². The number of carbonyl (C=O) groups excluding carboxylic acids is 1. The van der Waals surface area contributed by atoms with E-state index >= 15 is 0 Å². The summed E-state index contributed by atoms with van der Waals surface area (Å²) >= 11 is 0. The van der Waals surface area contributed by atoms with E-state index in [1.165, 1.54) is 36.1 Å². The fourth-order valence-corrected chi connectivity index (χ4v) is 6.26. The number of amides is 1. The lowest BCUT2D eigenvalue weighted by atomic mass is 10.1. The highest BCUT2D eigenvalue weighted by molar-refractivity contribution is 7.92. The van der Waals surface area contributed by atoms with E-state index in [0.29, 0.717) is 36.9 Å². The highest BCUT2D eigenvalue weighted by Gasteiger charge is 2.29. The summed E-state index contributed by atoms with van der Waals surface area (Å²) in [7, 11) is -3.76. The average Bonchev–Trinajstić information content (AvgIpc) is 3.35. The van der Waals surface area contributed by atoms with E-state index < -0.39 is 10.0 Å². The molecule has 0 spiro atoms. The number of anilines is 1. The van der Waals surface area contributed by atoms with Crippen LogP contribution in [0.1, 0.15) is 43.0 Å². The van der Waals surface area contributed by atoms with Gasteiger partial charge in [-0.25, -0.2) is 8.42 Å². The van der Waals surface area contributed by atoms with E-state index in [2.05, 4.69) is 4.90 Å². The Morgan fingerprint density at radius 3 is 2.29 bits per heavy atom. The number of carbonyl (C=O) groups is 1. The van der Waals surface area contributed by atoms with Gasteiger partial charge < -0.3 is 4.90 Å². The Hall–Kier alpha value is -2.38. The fourth-order valence-electron chi connectivity index (χ4n) is 4.74. The van der Waals surface area contributed by atoms with Crippen molar-refractivity contribution in [2.75, 3.05) is 37.0 Å². The molecule has 0 aromatic heterocycles. The highest BCUT2D eigenvalue weighted by Crippen LogP contribution is 2.26. The van der Waals surface area contributed by atoms with Gasteiger partial charge in [-0.15, -0.1) is 0 Å². The van der Waals surface area contributed by atoms with E-state index in [1.54, 1.807) is 30.3 Å². The van der Waals surface area contributed by atoms with Crippen LogP contribution in [0.5, 0.6) is 0 Å². The Labute approximate surface area is 185 Å². The van der Waals surface area contributed by atoms with Gasteiger partial charge in [-0.1, -0.05) is 37.1 Å². The summed E-state index contributed by atoms with van der Waals surface area (Å²) in [5.74, 6) is -0.0918. The topological polar surface area (TPSA) is 60.9 Å². The molecule has 7 heteroatoms. The number of hydrogen-bond donors (Lipinski definition) is 0. The molecule has 0 radical (unpaired) electrons. The monoisotopic (exact) mass is 441 g/mol. The van der Waals surface area contributed by atoms with E-state index in [9.17, 15) is 13.2 Å². The first-order valence-corrected chi connectivity index (χ1v) is 12.7. The highest BCUT2D eigenvalue weighted by atomic mass is 32.2. The Balaban J connectivity index is 1.49. The molecule has 1 saturated carbocycles. The molecule has 0 atom stereocenters. The van der Waals surface area contributed by atoms with Crippen LogP contribution in [0.4, 0.5) is 5.69 Å². The van der Waals surface area contributed by atoms with E-state index in [4.69, 9.17) is 0 Å². The molecule has 1 aliphatic heterocycles. The first-order valence-electron chi connectivity index (χ1n) is 11.2. The Kier molecular flexibility index (Phi) is 6.62. The quantitative estimate of drug-likeness (QED) is 0.687. The number of rotatable bonds is 6. The predicted octanol–water partition coefficient (Wildman–Crippen LogP) is 3.60. The Bertz CT molecular complexity index is 996. The largest absolute Gasteiger partial charge is 0.336 e. The molecule has 0 unspecified atom stereocenters. The minimum atomic E-state index is -3.76. The van der Waals surface area contributed by atoms with Crippen molar-refractivity contribution in [2.45, 2.75) is 43.5 Å². The van der Waals surface area contributed by atoms with Gasteiger partial charge in [0.1, 0.15) is 0 Å². The zero-order valence-corrected chi connectivity index (χ0v) is 18.9. The first-order chi connectivity index (χ1) is 15.0. The molecular formula is C24H31N3O3S. The molecule has 2 fully saturated rings. The summed E-state index contributed by atoms with van der Waals surface area (Å²) in [6, 6.07) is 16.2. The molecule has 2 aliphatic rings. The molecule has 2 aromatic rings. The second-order valence-electron chi connectivity index (χ2n) is 8.30. The average molecular weight is 442 g/mol. The lowest BCUT2D eigenvalue weighted by Crippen LogP contribution is -2.51. The Morgan fingerprint density at radius 2 is 1.65 bits per heavy atom. The van der Waals surface area contributed by atoms with Crippen LogP contribution in [0, 0.1) is 0 Å². The van der Waals surface area contributed by atoms with Gasteiger partial charge >= 0.3 is 0 Å². The van der Waals surface area contributed by atoms with Crippen molar-refractivity contribution in [2.24, 2.45) is 0 Å². The number of piperazine rings is 1.